The van der Waals surface area contributed by atoms with E-state index in [2.05, 4.69) is 9.88 Å². The second-order valence-corrected chi connectivity index (χ2v) is 5.44. The highest BCUT2D eigenvalue weighted by molar-refractivity contribution is 5.99. The Morgan fingerprint density at radius 3 is 2.62 bits per heavy atom. The molecule has 0 N–H and O–H groups in total. The molecule has 0 spiro atoms. The monoisotopic (exact) mass is 287 g/mol. The summed E-state index contributed by atoms with van der Waals surface area (Å²) < 4.78 is 5.75. The Bertz CT molecular complexity index is 679. The number of aromatic nitrogens is 1. The average molecular weight is 287 g/mol. The molecule has 6 nitrogen and oxygen atoms in total. The number of fused-ring (bicyclic) bond motifs is 1. The third-order valence-electron chi connectivity index (χ3n) is 3.73. The van der Waals surface area contributed by atoms with Crippen LogP contribution in [0.2, 0.25) is 0 Å². The van der Waals surface area contributed by atoms with Crippen LogP contribution < -0.4 is 4.90 Å². The summed E-state index contributed by atoms with van der Waals surface area (Å²) in [6.07, 6.45) is 3.51. The van der Waals surface area contributed by atoms with Crippen LogP contribution in [0.5, 0.6) is 0 Å². The van der Waals surface area contributed by atoms with Crippen molar-refractivity contribution in [1.82, 2.24) is 4.98 Å². The summed E-state index contributed by atoms with van der Waals surface area (Å²) in [6.45, 7) is 5.63. The standard InChI is InChI=1S/C15H17N3O3/c1-10-8-17(9-11(2)21-10)14-3-4-15(18(19)20)13-7-16-6-5-12(13)14/h3-7,10-11H,8-9H2,1-2H3/t10-,11-/m1/s1. The first-order valence-electron chi connectivity index (χ1n) is 6.98. The molecule has 110 valence electrons. The second-order valence-electron chi connectivity index (χ2n) is 5.44. The normalized spacial score (nSPS) is 22.5. The number of rotatable bonds is 2. The summed E-state index contributed by atoms with van der Waals surface area (Å²) in [4.78, 5) is 17.0. The number of nitro benzene ring substituents is 1. The van der Waals surface area contributed by atoms with Crippen molar-refractivity contribution in [3.63, 3.8) is 0 Å². The Hall–Kier alpha value is -2.21. The van der Waals surface area contributed by atoms with Crippen LogP contribution in [0.15, 0.2) is 30.6 Å². The van der Waals surface area contributed by atoms with Crippen molar-refractivity contribution in [3.8, 4) is 0 Å². The van der Waals surface area contributed by atoms with Gasteiger partial charge in [0.1, 0.15) is 0 Å². The van der Waals surface area contributed by atoms with Crippen molar-refractivity contribution in [3.05, 3.63) is 40.7 Å². The summed E-state index contributed by atoms with van der Waals surface area (Å²) in [5, 5.41) is 12.6. The van der Waals surface area contributed by atoms with Gasteiger partial charge < -0.3 is 9.64 Å². The zero-order valence-corrected chi connectivity index (χ0v) is 12.0. The summed E-state index contributed by atoms with van der Waals surface area (Å²) in [6, 6.07) is 5.22. The third kappa shape index (κ3) is 2.54. The number of pyridine rings is 1. The molecule has 0 aliphatic carbocycles. The maximum Gasteiger partial charge on any atom is 0.278 e. The predicted octanol–water partition coefficient (Wildman–Crippen LogP) is 2.76. The van der Waals surface area contributed by atoms with Crippen molar-refractivity contribution < 1.29 is 9.66 Å². The van der Waals surface area contributed by atoms with Crippen LogP contribution in [0.1, 0.15) is 13.8 Å². The Kier molecular flexibility index (Phi) is 3.47. The Morgan fingerprint density at radius 1 is 1.24 bits per heavy atom. The van der Waals surface area contributed by atoms with Crippen LogP contribution in [0, 0.1) is 10.1 Å². The molecule has 3 rings (SSSR count). The maximum absolute atomic E-state index is 11.2. The first-order chi connectivity index (χ1) is 10.1. The molecule has 1 aromatic heterocycles. The van der Waals surface area contributed by atoms with E-state index >= 15 is 0 Å². The molecule has 0 unspecified atom stereocenters. The van der Waals surface area contributed by atoms with E-state index in [9.17, 15) is 10.1 Å². The number of hydrogen-bond donors (Lipinski definition) is 0. The lowest BCUT2D eigenvalue weighted by Crippen LogP contribution is -2.45. The highest BCUT2D eigenvalue weighted by Crippen LogP contribution is 2.34. The van der Waals surface area contributed by atoms with E-state index in [4.69, 9.17) is 4.74 Å². The van der Waals surface area contributed by atoms with Gasteiger partial charge in [-0.3, -0.25) is 15.1 Å². The van der Waals surface area contributed by atoms with Crippen LogP contribution in [0.25, 0.3) is 10.8 Å². The fourth-order valence-electron chi connectivity index (χ4n) is 2.97. The summed E-state index contributed by atoms with van der Waals surface area (Å²) >= 11 is 0. The van der Waals surface area contributed by atoms with Gasteiger partial charge in [-0.1, -0.05) is 0 Å². The van der Waals surface area contributed by atoms with Gasteiger partial charge in [0.2, 0.25) is 0 Å². The SMILES string of the molecule is C[C@@H]1CN(c2ccc([N+](=O)[O-])c3cnccc23)C[C@@H](C)O1. The molecule has 1 aromatic carbocycles. The van der Waals surface area contributed by atoms with Crippen LogP contribution in [-0.4, -0.2) is 35.2 Å². The second kappa shape index (κ2) is 5.29. The topological polar surface area (TPSA) is 68.5 Å². The van der Waals surface area contributed by atoms with Gasteiger partial charge in [-0.05, 0) is 26.0 Å². The molecule has 21 heavy (non-hydrogen) atoms. The number of morpholine rings is 1. The van der Waals surface area contributed by atoms with Gasteiger partial charge in [0.15, 0.2) is 0 Å². The highest BCUT2D eigenvalue weighted by atomic mass is 16.6. The summed E-state index contributed by atoms with van der Waals surface area (Å²) in [5.41, 5.74) is 1.09. The molecular formula is C15H17N3O3. The highest BCUT2D eigenvalue weighted by Gasteiger charge is 2.25. The fourth-order valence-corrected chi connectivity index (χ4v) is 2.97. The van der Waals surface area contributed by atoms with Gasteiger partial charge >= 0.3 is 0 Å². The van der Waals surface area contributed by atoms with Crippen LogP contribution in [-0.2, 0) is 4.74 Å². The molecule has 2 heterocycles. The Labute approximate surface area is 122 Å². The van der Waals surface area contributed by atoms with Gasteiger partial charge in [0.25, 0.3) is 5.69 Å². The molecule has 6 heteroatoms. The van der Waals surface area contributed by atoms with E-state index in [1.165, 1.54) is 0 Å². The minimum absolute atomic E-state index is 0.0937. The van der Waals surface area contributed by atoms with Gasteiger partial charge in [0, 0.05) is 42.6 Å². The van der Waals surface area contributed by atoms with Crippen molar-refractivity contribution >= 4 is 22.1 Å². The van der Waals surface area contributed by atoms with Gasteiger partial charge in [-0.25, -0.2) is 0 Å². The van der Waals surface area contributed by atoms with E-state index in [0.29, 0.717) is 5.39 Å². The number of anilines is 1. The molecule has 0 bridgehead atoms. The van der Waals surface area contributed by atoms with Crippen molar-refractivity contribution in [2.45, 2.75) is 26.1 Å². The smallest absolute Gasteiger partial charge is 0.278 e. The number of non-ortho nitro benzene ring substituents is 1. The molecule has 0 radical (unpaired) electrons. The van der Waals surface area contributed by atoms with Gasteiger partial charge in [-0.2, -0.15) is 0 Å². The molecule has 1 fully saturated rings. The van der Waals surface area contributed by atoms with Crippen LogP contribution >= 0.6 is 0 Å². The number of benzene rings is 1. The molecule has 0 saturated carbocycles. The molecular weight excluding hydrogens is 270 g/mol. The lowest BCUT2D eigenvalue weighted by molar-refractivity contribution is -0.383. The van der Waals surface area contributed by atoms with E-state index < -0.39 is 0 Å². The molecule has 1 saturated heterocycles. The number of hydrogen-bond acceptors (Lipinski definition) is 5. The quantitative estimate of drug-likeness (QED) is 0.627. The molecule has 0 amide bonds. The number of nitro groups is 1. The summed E-state index contributed by atoms with van der Waals surface area (Å²) in [7, 11) is 0. The van der Waals surface area contributed by atoms with E-state index in [0.717, 1.165) is 24.2 Å². The molecule has 1 aliphatic heterocycles. The predicted molar refractivity (Wildman–Crippen MR) is 80.6 cm³/mol. The fraction of sp³-hybridized carbons (Fsp3) is 0.400. The average Bonchev–Trinajstić information content (AvgIpc) is 2.44. The molecule has 2 atom stereocenters. The zero-order chi connectivity index (χ0) is 15.0. The largest absolute Gasteiger partial charge is 0.372 e. The lowest BCUT2D eigenvalue weighted by Gasteiger charge is -2.37. The lowest BCUT2D eigenvalue weighted by atomic mass is 10.1. The number of ether oxygens (including phenoxy) is 1. The number of nitrogens with zero attached hydrogens (tertiary/aromatic N) is 3. The first kappa shape index (κ1) is 13.8. The van der Waals surface area contributed by atoms with Crippen molar-refractivity contribution in [1.29, 1.82) is 0 Å². The van der Waals surface area contributed by atoms with Gasteiger partial charge in [-0.15, -0.1) is 0 Å². The zero-order valence-electron chi connectivity index (χ0n) is 12.0. The van der Waals surface area contributed by atoms with E-state index in [-0.39, 0.29) is 22.8 Å². The minimum atomic E-state index is -0.363. The van der Waals surface area contributed by atoms with E-state index in [1.54, 1.807) is 18.5 Å². The third-order valence-corrected chi connectivity index (χ3v) is 3.73. The van der Waals surface area contributed by atoms with Crippen molar-refractivity contribution in [2.24, 2.45) is 0 Å². The molecule has 2 aromatic rings. The summed E-state index contributed by atoms with van der Waals surface area (Å²) in [5.74, 6) is 0. The molecule has 1 aliphatic rings. The van der Waals surface area contributed by atoms with Gasteiger partial charge in [0.05, 0.1) is 22.5 Å². The van der Waals surface area contributed by atoms with E-state index in [1.807, 2.05) is 26.0 Å². The van der Waals surface area contributed by atoms with Crippen molar-refractivity contribution in [2.75, 3.05) is 18.0 Å². The van der Waals surface area contributed by atoms with Crippen LogP contribution in [0.4, 0.5) is 11.4 Å². The Morgan fingerprint density at radius 2 is 1.95 bits per heavy atom. The first-order valence-corrected chi connectivity index (χ1v) is 6.98. The van der Waals surface area contributed by atoms with Crippen LogP contribution in [0.3, 0.4) is 0 Å². The minimum Gasteiger partial charge on any atom is -0.372 e. The maximum atomic E-state index is 11.2. The Balaban J connectivity index is 2.11.